The largest absolute Gasteiger partial charge is 0.482 e. The van der Waals surface area contributed by atoms with E-state index < -0.39 is 24.3 Å². The number of benzene rings is 2. The van der Waals surface area contributed by atoms with Crippen LogP contribution in [0.5, 0.6) is 5.75 Å². The monoisotopic (exact) mass is 581 g/mol. The second-order valence-electron chi connectivity index (χ2n) is 9.06. The molecule has 1 aliphatic heterocycles. The molecule has 39 heavy (non-hydrogen) atoms. The number of aryl methyl sites for hydroxylation is 1. The number of aromatic nitrogens is 1. The highest BCUT2D eigenvalue weighted by Crippen LogP contribution is 2.37. The van der Waals surface area contributed by atoms with Crippen molar-refractivity contribution in [2.24, 2.45) is 0 Å². The zero-order chi connectivity index (χ0) is 27.8. The Bertz CT molecular complexity index is 1240. The van der Waals surface area contributed by atoms with Gasteiger partial charge >= 0.3 is 12.1 Å². The number of hydrogen-bond donors (Lipinski definition) is 1. The van der Waals surface area contributed by atoms with Gasteiger partial charge in [0.2, 0.25) is 0 Å². The van der Waals surface area contributed by atoms with Crippen molar-refractivity contribution in [1.82, 2.24) is 4.98 Å². The zero-order valence-electron chi connectivity index (χ0n) is 21.5. The van der Waals surface area contributed by atoms with E-state index in [4.69, 9.17) is 24.3 Å². The number of rotatable bonds is 12. The summed E-state index contributed by atoms with van der Waals surface area (Å²) in [6, 6.07) is 10.7. The maximum absolute atomic E-state index is 13.0. The number of thiazole rings is 1. The maximum Gasteiger partial charge on any atom is 0.416 e. The minimum atomic E-state index is -4.40. The first-order valence-corrected chi connectivity index (χ1v) is 14.5. The van der Waals surface area contributed by atoms with Gasteiger partial charge in [-0.15, -0.1) is 23.1 Å². The fourth-order valence-electron chi connectivity index (χ4n) is 4.09. The number of carboxylic acid groups (broad SMARTS) is 1. The molecule has 0 aliphatic carbocycles. The molecule has 1 N–H and O–H groups in total. The van der Waals surface area contributed by atoms with Gasteiger partial charge in [0.15, 0.2) is 12.9 Å². The lowest BCUT2D eigenvalue weighted by Crippen LogP contribution is -2.22. The lowest BCUT2D eigenvalue weighted by atomic mass is 10.1. The van der Waals surface area contributed by atoms with Crippen LogP contribution in [0.25, 0.3) is 10.6 Å². The Balaban J connectivity index is 1.53. The van der Waals surface area contributed by atoms with Crippen LogP contribution < -0.4 is 4.74 Å². The summed E-state index contributed by atoms with van der Waals surface area (Å²) in [6.45, 7) is 2.56. The van der Waals surface area contributed by atoms with Gasteiger partial charge in [0, 0.05) is 27.7 Å². The number of alkyl halides is 3. The quantitative estimate of drug-likeness (QED) is 0.221. The molecule has 1 saturated heterocycles. The third-order valence-corrected chi connectivity index (χ3v) is 8.40. The summed E-state index contributed by atoms with van der Waals surface area (Å²) in [6.07, 6.45) is -0.186. The maximum atomic E-state index is 13.0. The van der Waals surface area contributed by atoms with Gasteiger partial charge in [-0.3, -0.25) is 0 Å². The van der Waals surface area contributed by atoms with Crippen LogP contribution in [0.4, 0.5) is 13.2 Å². The molecule has 2 heterocycles. The molecule has 2 aromatic carbocycles. The third kappa shape index (κ3) is 8.44. The number of halogens is 3. The first-order valence-electron chi connectivity index (χ1n) is 12.7. The number of aliphatic carboxylic acids is 1. The lowest BCUT2D eigenvalue weighted by molar-refractivity contribution is -0.169. The minimum Gasteiger partial charge on any atom is -0.482 e. The number of hydrogen-bond acceptors (Lipinski definition) is 7. The Morgan fingerprint density at radius 1 is 1.21 bits per heavy atom. The summed E-state index contributed by atoms with van der Waals surface area (Å²) in [5, 5.41) is 9.58. The Labute approximate surface area is 233 Å². The predicted molar refractivity (Wildman–Crippen MR) is 144 cm³/mol. The van der Waals surface area contributed by atoms with Crippen molar-refractivity contribution in [3.63, 3.8) is 0 Å². The first-order chi connectivity index (χ1) is 18.7. The summed E-state index contributed by atoms with van der Waals surface area (Å²) in [7, 11) is 0. The van der Waals surface area contributed by atoms with Crippen molar-refractivity contribution in [3.8, 4) is 16.3 Å². The smallest absolute Gasteiger partial charge is 0.416 e. The minimum absolute atomic E-state index is 0.251. The number of thioether (sulfide) groups is 1. The van der Waals surface area contributed by atoms with E-state index >= 15 is 0 Å². The molecule has 1 unspecified atom stereocenters. The van der Waals surface area contributed by atoms with Crippen molar-refractivity contribution in [2.45, 2.75) is 68.7 Å². The van der Waals surface area contributed by atoms with Crippen LogP contribution in [-0.2, 0) is 39.2 Å². The van der Waals surface area contributed by atoms with E-state index in [1.807, 2.05) is 19.1 Å². The molecule has 0 amide bonds. The van der Waals surface area contributed by atoms with Gasteiger partial charge in [-0.05, 0) is 61.6 Å². The summed E-state index contributed by atoms with van der Waals surface area (Å²) in [5.74, 6) is 0.120. The first kappa shape index (κ1) is 29.4. The van der Waals surface area contributed by atoms with E-state index in [9.17, 15) is 18.0 Å². The highest BCUT2D eigenvalue weighted by atomic mass is 32.2. The van der Waals surface area contributed by atoms with Gasteiger partial charge in [-0.25, -0.2) is 9.78 Å². The highest BCUT2D eigenvalue weighted by Gasteiger charge is 2.30. The van der Waals surface area contributed by atoms with E-state index in [1.165, 1.54) is 23.5 Å². The van der Waals surface area contributed by atoms with Crippen molar-refractivity contribution < 1.29 is 37.3 Å². The molecule has 0 bridgehead atoms. The number of ether oxygens (including phenoxy) is 3. The van der Waals surface area contributed by atoms with Crippen LogP contribution in [-0.4, -0.2) is 35.6 Å². The van der Waals surface area contributed by atoms with Gasteiger partial charge < -0.3 is 19.3 Å². The Morgan fingerprint density at radius 2 is 2.00 bits per heavy atom. The predicted octanol–water partition coefficient (Wildman–Crippen LogP) is 7.58. The highest BCUT2D eigenvalue weighted by molar-refractivity contribution is 7.98. The summed E-state index contributed by atoms with van der Waals surface area (Å²) in [5.41, 5.74) is 1.60. The van der Waals surface area contributed by atoms with E-state index in [1.54, 1.807) is 17.8 Å². The van der Waals surface area contributed by atoms with E-state index in [-0.39, 0.29) is 12.9 Å². The van der Waals surface area contributed by atoms with Gasteiger partial charge in [0.05, 0.1) is 17.9 Å². The molecule has 6 nitrogen and oxygen atoms in total. The average molecular weight is 582 g/mol. The second kappa shape index (κ2) is 13.6. The molecule has 1 fully saturated rings. The van der Waals surface area contributed by atoms with E-state index in [0.717, 1.165) is 65.3 Å². The Hall–Kier alpha value is -2.60. The summed E-state index contributed by atoms with van der Waals surface area (Å²) >= 11 is 3.04. The van der Waals surface area contributed by atoms with Crippen LogP contribution in [0.2, 0.25) is 0 Å². The molecule has 0 radical (unpaired) electrons. The molecular formula is C28H30F3NO5S2. The molecule has 4 rings (SSSR count). The SMILES string of the molecule is CCCc1cc(SCc2sc(-c3ccc(C(F)(F)F)cc3)nc2COC2CCCCO2)ccc1OCC(=O)O. The molecule has 0 saturated carbocycles. The molecule has 11 heteroatoms. The van der Waals surface area contributed by atoms with Crippen molar-refractivity contribution in [2.75, 3.05) is 13.2 Å². The standard InChI is InChI=1S/C28H30F3NO5S2/c1-2-5-19-14-21(11-12-23(19)36-16-25(33)34)38-17-24-22(15-37-26-6-3-4-13-35-26)32-27(39-24)18-7-9-20(10-8-18)28(29,30)31/h7-12,14,26H,2-6,13,15-17H2,1H3,(H,33,34). The molecule has 1 aliphatic rings. The normalized spacial score (nSPS) is 15.8. The fourth-order valence-corrected chi connectivity index (χ4v) is 6.22. The average Bonchev–Trinajstić information content (AvgIpc) is 3.33. The fraction of sp³-hybridized carbons (Fsp3) is 0.429. The molecule has 1 aromatic heterocycles. The van der Waals surface area contributed by atoms with E-state index in [0.29, 0.717) is 28.7 Å². The second-order valence-corrected chi connectivity index (χ2v) is 11.2. The van der Waals surface area contributed by atoms with E-state index in [2.05, 4.69) is 0 Å². The van der Waals surface area contributed by atoms with Crippen LogP contribution in [0.15, 0.2) is 47.4 Å². The van der Waals surface area contributed by atoms with Crippen LogP contribution >= 0.6 is 23.1 Å². The van der Waals surface area contributed by atoms with Crippen LogP contribution in [0.3, 0.4) is 0 Å². The van der Waals surface area contributed by atoms with Gasteiger partial charge in [0.25, 0.3) is 0 Å². The molecule has 210 valence electrons. The number of carbonyl (C=O) groups is 1. The number of nitrogens with zero attached hydrogens (tertiary/aromatic N) is 1. The summed E-state index contributed by atoms with van der Waals surface area (Å²) in [4.78, 5) is 17.6. The van der Waals surface area contributed by atoms with Crippen LogP contribution in [0.1, 0.15) is 54.3 Å². The van der Waals surface area contributed by atoms with Gasteiger partial charge in [0.1, 0.15) is 10.8 Å². The van der Waals surface area contributed by atoms with Gasteiger partial charge in [-0.1, -0.05) is 25.5 Å². The zero-order valence-corrected chi connectivity index (χ0v) is 23.1. The third-order valence-electron chi connectivity index (χ3n) is 6.05. The van der Waals surface area contributed by atoms with Gasteiger partial charge in [-0.2, -0.15) is 13.2 Å². The molecular weight excluding hydrogens is 551 g/mol. The Kier molecular flexibility index (Phi) is 10.3. The molecule has 1 atom stereocenters. The topological polar surface area (TPSA) is 77.9 Å². The Morgan fingerprint density at radius 3 is 2.67 bits per heavy atom. The van der Waals surface area contributed by atoms with Crippen molar-refractivity contribution in [1.29, 1.82) is 0 Å². The van der Waals surface area contributed by atoms with Crippen LogP contribution in [0, 0.1) is 0 Å². The summed E-state index contributed by atoms with van der Waals surface area (Å²) < 4.78 is 56.2. The lowest BCUT2D eigenvalue weighted by Gasteiger charge is -2.22. The van der Waals surface area contributed by atoms with Crippen molar-refractivity contribution >= 4 is 29.1 Å². The number of carboxylic acids is 1. The van der Waals surface area contributed by atoms with Crippen molar-refractivity contribution in [3.05, 3.63) is 64.2 Å². The molecule has 3 aromatic rings. The molecule has 0 spiro atoms.